The summed E-state index contributed by atoms with van der Waals surface area (Å²) in [6.07, 6.45) is 5.66. The van der Waals surface area contributed by atoms with Crippen LogP contribution in [0.3, 0.4) is 0 Å². The molecule has 0 saturated carbocycles. The van der Waals surface area contributed by atoms with E-state index in [4.69, 9.17) is 10.7 Å². The Bertz CT molecular complexity index is 1130. The predicted octanol–water partition coefficient (Wildman–Crippen LogP) is 3.80. The molecule has 0 saturated heterocycles. The number of hydrogen-bond donors (Lipinski definition) is 2. The van der Waals surface area contributed by atoms with Gasteiger partial charge in [0, 0.05) is 24.8 Å². The molecule has 0 aliphatic carbocycles. The maximum Gasteiger partial charge on any atom is 0.183 e. The van der Waals surface area contributed by atoms with Crippen LogP contribution in [0.1, 0.15) is 17.7 Å². The maximum atomic E-state index is 5.87. The molecular weight excluding hydrogens is 409 g/mol. The average molecular weight is 430 g/mol. The molecule has 4 heterocycles. The van der Waals surface area contributed by atoms with E-state index >= 15 is 0 Å². The molecule has 1 aliphatic heterocycles. The van der Waals surface area contributed by atoms with Crippen molar-refractivity contribution in [3.05, 3.63) is 60.0 Å². The molecule has 7 nitrogen and oxygen atoms in total. The van der Waals surface area contributed by atoms with Crippen LogP contribution in [0.25, 0.3) is 22.4 Å². The first-order valence-electron chi connectivity index (χ1n) is 9.06. The third kappa shape index (κ3) is 3.64. The molecule has 9 heteroatoms. The number of nitrogens with zero attached hydrogens (tertiary/aromatic N) is 5. The Morgan fingerprint density at radius 3 is 2.79 bits per heavy atom. The fourth-order valence-corrected chi connectivity index (χ4v) is 3.67. The standard InChI is InChI=1S/C20H19N7.2ClH/c21-11-13-5-1-2-6-14(13)16-12-23-18-19(24-16)25-26-20(18)27-10-4-7-15-17(27)8-3-9-22-15;;/h1-3,5-6,8-9,12H,4,7,10-11,21H2,(H,24,25,26);2*1H. The summed E-state index contributed by atoms with van der Waals surface area (Å²) in [5.41, 5.74) is 12.3. The van der Waals surface area contributed by atoms with Crippen molar-refractivity contribution in [1.29, 1.82) is 0 Å². The van der Waals surface area contributed by atoms with Crippen molar-refractivity contribution >= 4 is 47.5 Å². The number of fused-ring (bicyclic) bond motifs is 2. The molecule has 150 valence electrons. The number of nitrogens with one attached hydrogen (secondary N) is 1. The fraction of sp³-hybridized carbons (Fsp3) is 0.200. The highest BCUT2D eigenvalue weighted by atomic mass is 35.5. The van der Waals surface area contributed by atoms with Crippen LogP contribution >= 0.6 is 24.8 Å². The van der Waals surface area contributed by atoms with Gasteiger partial charge in [0.2, 0.25) is 0 Å². The van der Waals surface area contributed by atoms with Crippen LogP contribution in [0.4, 0.5) is 11.5 Å². The van der Waals surface area contributed by atoms with Gasteiger partial charge in [-0.3, -0.25) is 10.1 Å². The number of benzene rings is 1. The van der Waals surface area contributed by atoms with Crippen molar-refractivity contribution in [3.63, 3.8) is 0 Å². The second-order valence-corrected chi connectivity index (χ2v) is 6.59. The number of aromatic amines is 1. The Kier molecular flexibility index (Phi) is 6.32. The van der Waals surface area contributed by atoms with Gasteiger partial charge in [-0.25, -0.2) is 9.97 Å². The lowest BCUT2D eigenvalue weighted by atomic mass is 10.1. The molecular formula is C20H21Cl2N7. The van der Waals surface area contributed by atoms with E-state index in [1.54, 1.807) is 6.20 Å². The molecule has 1 aliphatic rings. The van der Waals surface area contributed by atoms with Crippen LogP contribution in [-0.4, -0.2) is 31.7 Å². The largest absolute Gasteiger partial charge is 0.326 e. The summed E-state index contributed by atoms with van der Waals surface area (Å²) in [5, 5.41) is 7.57. The lowest BCUT2D eigenvalue weighted by Crippen LogP contribution is -2.25. The summed E-state index contributed by atoms with van der Waals surface area (Å²) in [4.78, 5) is 16.1. The molecule has 0 amide bonds. The van der Waals surface area contributed by atoms with E-state index < -0.39 is 0 Å². The first-order chi connectivity index (χ1) is 13.3. The van der Waals surface area contributed by atoms with E-state index in [0.29, 0.717) is 12.2 Å². The Balaban J connectivity index is 0.00000120. The number of aromatic nitrogens is 5. The number of H-pyrrole nitrogens is 1. The molecule has 0 unspecified atom stereocenters. The second kappa shape index (κ2) is 8.73. The summed E-state index contributed by atoms with van der Waals surface area (Å²) in [7, 11) is 0. The van der Waals surface area contributed by atoms with Crippen LogP contribution in [-0.2, 0) is 13.0 Å². The molecule has 0 spiro atoms. The van der Waals surface area contributed by atoms with Gasteiger partial charge in [0.1, 0.15) is 0 Å². The summed E-state index contributed by atoms with van der Waals surface area (Å²) in [6.45, 7) is 1.35. The second-order valence-electron chi connectivity index (χ2n) is 6.59. The molecule has 1 aromatic carbocycles. The van der Waals surface area contributed by atoms with E-state index in [1.807, 2.05) is 36.5 Å². The fourth-order valence-electron chi connectivity index (χ4n) is 3.67. The highest BCUT2D eigenvalue weighted by molar-refractivity contribution is 5.88. The van der Waals surface area contributed by atoms with E-state index in [9.17, 15) is 0 Å². The van der Waals surface area contributed by atoms with Gasteiger partial charge in [0.05, 0.1) is 23.3 Å². The van der Waals surface area contributed by atoms with Gasteiger partial charge in [-0.05, 0) is 30.5 Å². The minimum Gasteiger partial charge on any atom is -0.326 e. The van der Waals surface area contributed by atoms with Crippen LogP contribution in [0.5, 0.6) is 0 Å². The van der Waals surface area contributed by atoms with Crippen LogP contribution in [0.2, 0.25) is 0 Å². The molecule has 29 heavy (non-hydrogen) atoms. The van der Waals surface area contributed by atoms with Gasteiger partial charge in [-0.15, -0.1) is 24.8 Å². The van der Waals surface area contributed by atoms with Gasteiger partial charge in [0.25, 0.3) is 0 Å². The molecule has 5 rings (SSSR count). The minimum absolute atomic E-state index is 0. The average Bonchev–Trinajstić information content (AvgIpc) is 3.16. The van der Waals surface area contributed by atoms with Crippen LogP contribution < -0.4 is 10.6 Å². The highest BCUT2D eigenvalue weighted by Gasteiger charge is 2.23. The monoisotopic (exact) mass is 429 g/mol. The number of anilines is 2. The lowest BCUT2D eigenvalue weighted by molar-refractivity contribution is 0.738. The number of aryl methyl sites for hydroxylation is 1. The van der Waals surface area contributed by atoms with E-state index in [1.165, 1.54) is 0 Å². The summed E-state index contributed by atoms with van der Waals surface area (Å²) < 4.78 is 0. The first-order valence-corrected chi connectivity index (χ1v) is 9.06. The van der Waals surface area contributed by atoms with Gasteiger partial charge >= 0.3 is 0 Å². The number of rotatable bonds is 3. The number of pyridine rings is 1. The molecule has 0 radical (unpaired) electrons. The summed E-state index contributed by atoms with van der Waals surface area (Å²) in [6, 6.07) is 12.0. The van der Waals surface area contributed by atoms with Gasteiger partial charge in [-0.2, -0.15) is 5.10 Å². The molecule has 0 fully saturated rings. The van der Waals surface area contributed by atoms with E-state index in [-0.39, 0.29) is 24.8 Å². The molecule has 0 bridgehead atoms. The van der Waals surface area contributed by atoms with Crippen molar-refractivity contribution in [2.24, 2.45) is 5.73 Å². The van der Waals surface area contributed by atoms with Gasteiger partial charge < -0.3 is 10.6 Å². The Hall–Kier alpha value is -2.74. The lowest BCUT2D eigenvalue weighted by Gasteiger charge is -2.28. The SMILES string of the molecule is Cl.Cl.NCc1ccccc1-c1cnc2c(N3CCCc4ncccc43)n[nH]c2n1. The van der Waals surface area contributed by atoms with Gasteiger partial charge in [0.15, 0.2) is 17.0 Å². The normalized spacial score (nSPS) is 12.8. The summed E-state index contributed by atoms with van der Waals surface area (Å²) >= 11 is 0. The van der Waals surface area contributed by atoms with Crippen molar-refractivity contribution in [2.75, 3.05) is 11.4 Å². The quantitative estimate of drug-likeness (QED) is 0.513. The van der Waals surface area contributed by atoms with Crippen molar-refractivity contribution in [1.82, 2.24) is 25.1 Å². The molecule has 3 aromatic heterocycles. The smallest absolute Gasteiger partial charge is 0.183 e. The Morgan fingerprint density at radius 2 is 1.93 bits per heavy atom. The zero-order valence-electron chi connectivity index (χ0n) is 15.6. The third-order valence-electron chi connectivity index (χ3n) is 4.97. The maximum absolute atomic E-state index is 5.87. The van der Waals surface area contributed by atoms with Crippen LogP contribution in [0, 0.1) is 0 Å². The van der Waals surface area contributed by atoms with Crippen molar-refractivity contribution in [3.8, 4) is 11.3 Å². The number of nitrogens with two attached hydrogens (primary N) is 1. The third-order valence-corrected chi connectivity index (χ3v) is 4.97. The van der Waals surface area contributed by atoms with Crippen molar-refractivity contribution in [2.45, 2.75) is 19.4 Å². The van der Waals surface area contributed by atoms with Gasteiger partial charge in [-0.1, -0.05) is 24.3 Å². The molecule has 3 N–H and O–H groups in total. The number of hydrogen-bond acceptors (Lipinski definition) is 6. The van der Waals surface area contributed by atoms with E-state index in [2.05, 4.69) is 31.1 Å². The minimum atomic E-state index is 0. The topological polar surface area (TPSA) is 96.6 Å². The Morgan fingerprint density at radius 1 is 1.07 bits per heavy atom. The van der Waals surface area contributed by atoms with E-state index in [0.717, 1.165) is 58.9 Å². The Labute approximate surface area is 180 Å². The number of halogens is 2. The molecule has 4 aromatic rings. The van der Waals surface area contributed by atoms with Crippen molar-refractivity contribution < 1.29 is 0 Å². The zero-order valence-corrected chi connectivity index (χ0v) is 17.2. The predicted molar refractivity (Wildman–Crippen MR) is 119 cm³/mol. The summed E-state index contributed by atoms with van der Waals surface area (Å²) in [5.74, 6) is 0.796. The first kappa shape index (κ1) is 21.0. The zero-order chi connectivity index (χ0) is 18.2. The molecule has 0 atom stereocenters. The highest BCUT2D eigenvalue weighted by Crippen LogP contribution is 2.34. The van der Waals surface area contributed by atoms with Crippen LogP contribution in [0.15, 0.2) is 48.8 Å².